The first-order valence-electron chi connectivity index (χ1n) is 8.46. The molecule has 1 unspecified atom stereocenters. The third kappa shape index (κ3) is 6.10. The third-order valence-electron chi connectivity index (χ3n) is 3.74. The van der Waals surface area contributed by atoms with Gasteiger partial charge in [-0.05, 0) is 24.8 Å². The van der Waals surface area contributed by atoms with Crippen LogP contribution in [-0.4, -0.2) is 38.9 Å². The maximum absolute atomic E-state index is 5.89. The van der Waals surface area contributed by atoms with Gasteiger partial charge in [0.05, 0.1) is 12.7 Å². The second-order valence-electron chi connectivity index (χ2n) is 6.25. The van der Waals surface area contributed by atoms with Crippen molar-refractivity contribution >= 4 is 5.96 Å². The summed E-state index contributed by atoms with van der Waals surface area (Å²) in [4.78, 5) is 4.27. The zero-order valence-electron chi connectivity index (χ0n) is 14.5. The molecule has 1 aliphatic heterocycles. The number of guanidine groups is 1. The second-order valence-corrected chi connectivity index (χ2v) is 6.25. The molecule has 1 fully saturated rings. The first-order valence-corrected chi connectivity index (χ1v) is 8.46. The van der Waals surface area contributed by atoms with Crippen LogP contribution in [0.3, 0.4) is 0 Å². The van der Waals surface area contributed by atoms with Gasteiger partial charge in [-0.25, -0.2) is 0 Å². The zero-order valence-corrected chi connectivity index (χ0v) is 14.5. The van der Waals surface area contributed by atoms with Gasteiger partial charge in [-0.15, -0.1) is 0 Å². The number of rotatable bonds is 7. The lowest BCUT2D eigenvalue weighted by Gasteiger charge is -2.17. The monoisotopic (exact) mass is 319 g/mol. The maximum Gasteiger partial charge on any atom is 0.191 e. The number of para-hydroxylation sites is 1. The van der Waals surface area contributed by atoms with Crippen LogP contribution in [-0.2, 0) is 11.3 Å². The van der Waals surface area contributed by atoms with E-state index in [0.717, 1.165) is 49.9 Å². The summed E-state index contributed by atoms with van der Waals surface area (Å²) in [6.07, 6.45) is 2.57. The van der Waals surface area contributed by atoms with Crippen LogP contribution < -0.4 is 15.4 Å². The molecule has 0 bridgehead atoms. The largest absolute Gasteiger partial charge is 0.493 e. The van der Waals surface area contributed by atoms with E-state index in [2.05, 4.69) is 35.5 Å². The lowest BCUT2D eigenvalue weighted by atomic mass is 10.2. The number of hydrogen-bond donors (Lipinski definition) is 2. The predicted octanol–water partition coefficient (Wildman–Crippen LogP) is 2.57. The molecule has 0 radical (unpaired) electrons. The summed E-state index contributed by atoms with van der Waals surface area (Å²) >= 11 is 0. The summed E-state index contributed by atoms with van der Waals surface area (Å²) in [6.45, 7) is 7.38. The van der Waals surface area contributed by atoms with Gasteiger partial charge >= 0.3 is 0 Å². The molecule has 0 amide bonds. The summed E-state index contributed by atoms with van der Waals surface area (Å²) in [5.74, 6) is 2.24. The molecule has 128 valence electrons. The second kappa shape index (κ2) is 9.40. The Morgan fingerprint density at radius 2 is 2.17 bits per heavy atom. The molecule has 5 heteroatoms. The van der Waals surface area contributed by atoms with Gasteiger partial charge < -0.3 is 20.1 Å². The van der Waals surface area contributed by atoms with Crippen LogP contribution in [0.4, 0.5) is 0 Å². The van der Waals surface area contributed by atoms with E-state index < -0.39 is 0 Å². The van der Waals surface area contributed by atoms with E-state index in [1.165, 1.54) is 0 Å². The maximum atomic E-state index is 5.89. The van der Waals surface area contributed by atoms with E-state index in [4.69, 9.17) is 9.47 Å². The van der Waals surface area contributed by atoms with Crippen LogP contribution in [0.1, 0.15) is 32.3 Å². The molecule has 1 atom stereocenters. The molecule has 0 aromatic heterocycles. The molecular weight excluding hydrogens is 290 g/mol. The first kappa shape index (κ1) is 17.6. The van der Waals surface area contributed by atoms with Gasteiger partial charge in [-0.2, -0.15) is 0 Å². The van der Waals surface area contributed by atoms with Gasteiger partial charge in [0.1, 0.15) is 5.75 Å². The Balaban J connectivity index is 1.83. The number of nitrogens with zero attached hydrogens (tertiary/aromatic N) is 1. The fourth-order valence-corrected chi connectivity index (χ4v) is 2.46. The summed E-state index contributed by atoms with van der Waals surface area (Å²) in [7, 11) is 1.78. The molecule has 2 rings (SSSR count). The SMILES string of the molecule is CN=C(NCc1ccccc1OCC(C)C)NCC1CCCO1. The standard InChI is InChI=1S/C18H29N3O2/c1-14(2)13-23-17-9-5-4-7-15(17)11-20-18(19-3)21-12-16-8-6-10-22-16/h4-5,7,9,14,16H,6,8,10-13H2,1-3H3,(H2,19,20,21). The molecule has 0 spiro atoms. The van der Waals surface area contributed by atoms with E-state index in [-0.39, 0.29) is 0 Å². The Kier molecular flexibility index (Phi) is 7.20. The Bertz CT molecular complexity index is 497. The van der Waals surface area contributed by atoms with Gasteiger partial charge in [0, 0.05) is 32.3 Å². The molecule has 1 aromatic rings. The Morgan fingerprint density at radius 1 is 1.35 bits per heavy atom. The van der Waals surface area contributed by atoms with E-state index >= 15 is 0 Å². The Morgan fingerprint density at radius 3 is 2.87 bits per heavy atom. The van der Waals surface area contributed by atoms with Crippen LogP contribution in [0.25, 0.3) is 0 Å². The van der Waals surface area contributed by atoms with Gasteiger partial charge in [-0.1, -0.05) is 32.0 Å². The first-order chi connectivity index (χ1) is 11.2. The average molecular weight is 319 g/mol. The van der Waals surface area contributed by atoms with Gasteiger partial charge in [0.2, 0.25) is 0 Å². The highest BCUT2D eigenvalue weighted by molar-refractivity contribution is 5.79. The zero-order chi connectivity index (χ0) is 16.5. The molecule has 1 heterocycles. The van der Waals surface area contributed by atoms with Gasteiger partial charge in [-0.3, -0.25) is 4.99 Å². The highest BCUT2D eigenvalue weighted by Gasteiger charge is 2.15. The Hall–Kier alpha value is -1.75. The normalized spacial score (nSPS) is 18.3. The number of nitrogens with one attached hydrogen (secondary N) is 2. The smallest absolute Gasteiger partial charge is 0.191 e. The minimum atomic E-state index is 0.301. The molecule has 2 N–H and O–H groups in total. The number of hydrogen-bond acceptors (Lipinski definition) is 3. The molecular formula is C18H29N3O2. The summed E-state index contributed by atoms with van der Waals surface area (Å²) in [5, 5.41) is 6.67. The van der Waals surface area contributed by atoms with E-state index in [9.17, 15) is 0 Å². The molecule has 0 saturated carbocycles. The fraction of sp³-hybridized carbons (Fsp3) is 0.611. The highest BCUT2D eigenvalue weighted by Crippen LogP contribution is 2.18. The van der Waals surface area contributed by atoms with Crippen molar-refractivity contribution in [1.29, 1.82) is 0 Å². The lowest BCUT2D eigenvalue weighted by molar-refractivity contribution is 0.114. The number of aliphatic imine (C=N–C) groups is 1. The summed E-state index contributed by atoms with van der Waals surface area (Å²) in [6, 6.07) is 8.13. The minimum Gasteiger partial charge on any atom is -0.493 e. The highest BCUT2D eigenvalue weighted by atomic mass is 16.5. The number of benzene rings is 1. The topological polar surface area (TPSA) is 54.9 Å². The summed E-state index contributed by atoms with van der Waals surface area (Å²) in [5.41, 5.74) is 1.13. The van der Waals surface area contributed by atoms with E-state index in [1.54, 1.807) is 7.05 Å². The van der Waals surface area contributed by atoms with Gasteiger partial charge in [0.15, 0.2) is 5.96 Å². The lowest BCUT2D eigenvalue weighted by Crippen LogP contribution is -2.40. The molecule has 1 aromatic carbocycles. The van der Waals surface area contributed by atoms with Crippen molar-refractivity contribution in [3.05, 3.63) is 29.8 Å². The molecule has 1 saturated heterocycles. The van der Waals surface area contributed by atoms with Crippen LogP contribution in [0.2, 0.25) is 0 Å². The fourth-order valence-electron chi connectivity index (χ4n) is 2.46. The minimum absolute atomic E-state index is 0.301. The molecule has 5 nitrogen and oxygen atoms in total. The molecule has 0 aliphatic carbocycles. The summed E-state index contributed by atoms with van der Waals surface area (Å²) < 4.78 is 11.5. The van der Waals surface area contributed by atoms with Crippen molar-refractivity contribution in [2.75, 3.05) is 26.8 Å². The van der Waals surface area contributed by atoms with Crippen molar-refractivity contribution in [1.82, 2.24) is 10.6 Å². The van der Waals surface area contributed by atoms with Gasteiger partial charge in [0.25, 0.3) is 0 Å². The van der Waals surface area contributed by atoms with Crippen LogP contribution in [0.15, 0.2) is 29.3 Å². The van der Waals surface area contributed by atoms with Crippen molar-refractivity contribution in [3.8, 4) is 5.75 Å². The number of ether oxygens (including phenoxy) is 2. The van der Waals surface area contributed by atoms with Crippen LogP contribution >= 0.6 is 0 Å². The average Bonchev–Trinajstić information content (AvgIpc) is 3.07. The van der Waals surface area contributed by atoms with Crippen LogP contribution in [0, 0.1) is 5.92 Å². The third-order valence-corrected chi connectivity index (χ3v) is 3.74. The van der Waals surface area contributed by atoms with Crippen molar-refractivity contribution in [2.45, 2.75) is 39.3 Å². The van der Waals surface area contributed by atoms with Crippen molar-refractivity contribution in [3.63, 3.8) is 0 Å². The quantitative estimate of drug-likeness (QED) is 0.599. The Labute approximate surface area is 139 Å². The van der Waals surface area contributed by atoms with Crippen LogP contribution in [0.5, 0.6) is 5.75 Å². The van der Waals surface area contributed by atoms with E-state index in [1.807, 2.05) is 18.2 Å². The van der Waals surface area contributed by atoms with Crippen molar-refractivity contribution < 1.29 is 9.47 Å². The predicted molar refractivity (Wildman–Crippen MR) is 94.0 cm³/mol. The van der Waals surface area contributed by atoms with E-state index in [0.29, 0.717) is 18.6 Å². The van der Waals surface area contributed by atoms with Crippen molar-refractivity contribution in [2.24, 2.45) is 10.9 Å². The molecule has 1 aliphatic rings. The molecule has 23 heavy (non-hydrogen) atoms.